The molecule has 0 bridgehead atoms. The molecule has 2 amide bonds. The Morgan fingerprint density at radius 1 is 1.24 bits per heavy atom. The monoisotopic (exact) mass is 305 g/mol. The van der Waals surface area contributed by atoms with Crippen molar-refractivity contribution in [3.8, 4) is 17.0 Å². The molecule has 0 radical (unpaired) electrons. The highest BCUT2D eigenvalue weighted by atomic mass is 32.1. The molecule has 3 N–H and O–H groups in total. The number of aromatic hydroxyl groups is 1. The smallest absolute Gasteiger partial charge is 0.314 e. The fourth-order valence-corrected chi connectivity index (χ4v) is 2.58. The van der Waals surface area contributed by atoms with Crippen LogP contribution in [0.25, 0.3) is 11.3 Å². The van der Waals surface area contributed by atoms with Gasteiger partial charge in [-0.2, -0.15) is 0 Å². The highest BCUT2D eigenvalue weighted by Crippen LogP contribution is 2.23. The number of carbonyl (C=O) groups excluding carboxylic acids is 1. The van der Waals surface area contributed by atoms with Crippen LogP contribution >= 0.6 is 11.3 Å². The quantitative estimate of drug-likeness (QED) is 0.768. The van der Waals surface area contributed by atoms with Gasteiger partial charge in [-0.05, 0) is 30.7 Å². The van der Waals surface area contributed by atoms with Gasteiger partial charge < -0.3 is 15.7 Å². The summed E-state index contributed by atoms with van der Waals surface area (Å²) in [5.41, 5.74) is 1.87. The van der Waals surface area contributed by atoms with Gasteiger partial charge in [0.15, 0.2) is 0 Å². The third kappa shape index (κ3) is 4.75. The third-order valence-electron chi connectivity index (χ3n) is 2.87. The van der Waals surface area contributed by atoms with Crippen molar-refractivity contribution in [3.05, 3.63) is 34.7 Å². The molecule has 0 aliphatic heterocycles. The summed E-state index contributed by atoms with van der Waals surface area (Å²) in [6.45, 7) is 3.27. The molecule has 5 nitrogen and oxygen atoms in total. The Hall–Kier alpha value is -2.08. The number of rotatable bonds is 6. The van der Waals surface area contributed by atoms with E-state index in [0.29, 0.717) is 19.5 Å². The molecular weight excluding hydrogens is 286 g/mol. The van der Waals surface area contributed by atoms with Crippen molar-refractivity contribution in [2.24, 2.45) is 0 Å². The molecule has 112 valence electrons. The Morgan fingerprint density at radius 3 is 2.67 bits per heavy atom. The van der Waals surface area contributed by atoms with Crippen molar-refractivity contribution < 1.29 is 9.90 Å². The number of urea groups is 1. The van der Waals surface area contributed by atoms with Crippen LogP contribution in [0.1, 0.15) is 18.4 Å². The van der Waals surface area contributed by atoms with Crippen molar-refractivity contribution >= 4 is 17.4 Å². The highest BCUT2D eigenvalue weighted by molar-refractivity contribution is 7.09. The molecule has 2 aromatic rings. The van der Waals surface area contributed by atoms with Gasteiger partial charge in [-0.3, -0.25) is 0 Å². The van der Waals surface area contributed by atoms with Crippen LogP contribution in [0.2, 0.25) is 0 Å². The lowest BCUT2D eigenvalue weighted by Gasteiger charge is -2.04. The van der Waals surface area contributed by atoms with Crippen molar-refractivity contribution in [2.45, 2.75) is 19.8 Å². The molecule has 1 heterocycles. The molecule has 0 atom stereocenters. The Kier molecular flexibility index (Phi) is 5.57. The van der Waals surface area contributed by atoms with E-state index in [2.05, 4.69) is 15.6 Å². The van der Waals surface area contributed by atoms with E-state index in [4.69, 9.17) is 0 Å². The van der Waals surface area contributed by atoms with Gasteiger partial charge >= 0.3 is 6.03 Å². The molecule has 0 saturated heterocycles. The van der Waals surface area contributed by atoms with E-state index in [1.54, 1.807) is 23.5 Å². The van der Waals surface area contributed by atoms with Crippen LogP contribution in [-0.4, -0.2) is 29.2 Å². The maximum atomic E-state index is 11.4. The number of phenols is 1. The van der Waals surface area contributed by atoms with Crippen LogP contribution in [-0.2, 0) is 6.42 Å². The summed E-state index contributed by atoms with van der Waals surface area (Å²) in [5, 5.41) is 17.8. The molecule has 1 aromatic carbocycles. The largest absolute Gasteiger partial charge is 0.508 e. The van der Waals surface area contributed by atoms with Crippen LogP contribution in [0.15, 0.2) is 29.6 Å². The van der Waals surface area contributed by atoms with E-state index in [1.165, 1.54) is 0 Å². The number of nitrogens with zero attached hydrogens (tertiary/aromatic N) is 1. The second-order valence-corrected chi connectivity index (χ2v) is 5.55. The van der Waals surface area contributed by atoms with E-state index < -0.39 is 0 Å². The molecule has 0 aliphatic carbocycles. The Morgan fingerprint density at radius 2 is 1.95 bits per heavy atom. The number of benzene rings is 1. The number of amides is 2. The van der Waals surface area contributed by atoms with Gasteiger partial charge in [0, 0.05) is 30.5 Å². The number of nitrogens with one attached hydrogen (secondary N) is 2. The third-order valence-corrected chi connectivity index (χ3v) is 3.78. The molecule has 6 heteroatoms. The molecule has 0 saturated carbocycles. The summed E-state index contributed by atoms with van der Waals surface area (Å²) < 4.78 is 0. The van der Waals surface area contributed by atoms with E-state index in [9.17, 15) is 9.90 Å². The van der Waals surface area contributed by atoms with Crippen LogP contribution in [0.4, 0.5) is 4.79 Å². The number of carbonyl (C=O) groups is 1. The predicted molar refractivity (Wildman–Crippen MR) is 84.6 cm³/mol. The number of phenolic OH excluding ortho intramolecular Hbond substituents is 1. The summed E-state index contributed by atoms with van der Waals surface area (Å²) in [7, 11) is 0. The van der Waals surface area contributed by atoms with Gasteiger partial charge in [-0.1, -0.05) is 6.92 Å². The fourth-order valence-electron chi connectivity index (χ4n) is 1.77. The van der Waals surface area contributed by atoms with E-state index in [-0.39, 0.29) is 11.8 Å². The summed E-state index contributed by atoms with van der Waals surface area (Å²) in [6.07, 6.45) is 1.64. The van der Waals surface area contributed by atoms with Gasteiger partial charge in [-0.25, -0.2) is 9.78 Å². The molecule has 21 heavy (non-hydrogen) atoms. The molecule has 1 aromatic heterocycles. The molecular formula is C15H19N3O2S. The average Bonchev–Trinajstić information content (AvgIpc) is 2.95. The first-order chi connectivity index (χ1) is 10.2. The highest BCUT2D eigenvalue weighted by Gasteiger charge is 2.05. The maximum Gasteiger partial charge on any atom is 0.314 e. The summed E-state index contributed by atoms with van der Waals surface area (Å²) in [5.74, 6) is 0.247. The maximum absolute atomic E-state index is 11.4. The van der Waals surface area contributed by atoms with Gasteiger partial charge in [-0.15, -0.1) is 11.3 Å². The molecule has 0 aliphatic rings. The first kappa shape index (κ1) is 15.3. The van der Waals surface area contributed by atoms with Gasteiger partial charge in [0.1, 0.15) is 5.75 Å². The zero-order valence-electron chi connectivity index (χ0n) is 11.9. The zero-order valence-corrected chi connectivity index (χ0v) is 12.7. The van der Waals surface area contributed by atoms with Crippen molar-refractivity contribution in [3.63, 3.8) is 0 Å². The SMILES string of the molecule is CCCNC(=O)NCCc1nc(-c2ccc(O)cc2)cs1. The second-order valence-electron chi connectivity index (χ2n) is 4.61. The first-order valence-corrected chi connectivity index (χ1v) is 7.82. The van der Waals surface area contributed by atoms with Crippen LogP contribution in [0.5, 0.6) is 5.75 Å². The van der Waals surface area contributed by atoms with E-state index >= 15 is 0 Å². The standard InChI is InChI=1S/C15H19N3O2S/c1-2-8-16-15(20)17-9-7-14-18-13(10-21-14)11-3-5-12(19)6-4-11/h3-6,10,19H,2,7-9H2,1H3,(H2,16,17,20). The van der Waals surface area contributed by atoms with Crippen molar-refractivity contribution in [1.82, 2.24) is 15.6 Å². The number of thiazole rings is 1. The fraction of sp³-hybridized carbons (Fsp3) is 0.333. The Bertz CT molecular complexity index is 581. The van der Waals surface area contributed by atoms with Crippen LogP contribution < -0.4 is 10.6 Å². The van der Waals surface area contributed by atoms with Crippen LogP contribution in [0, 0.1) is 0 Å². The lowest BCUT2D eigenvalue weighted by molar-refractivity contribution is 0.241. The summed E-state index contributed by atoms with van der Waals surface area (Å²) in [4.78, 5) is 15.9. The topological polar surface area (TPSA) is 74.2 Å². The van der Waals surface area contributed by atoms with Gasteiger partial charge in [0.05, 0.1) is 10.7 Å². The van der Waals surface area contributed by atoms with E-state index in [0.717, 1.165) is 22.7 Å². The predicted octanol–water partition coefficient (Wildman–Crippen LogP) is 2.77. The number of aromatic nitrogens is 1. The lowest BCUT2D eigenvalue weighted by Crippen LogP contribution is -2.36. The minimum absolute atomic E-state index is 0.132. The first-order valence-electron chi connectivity index (χ1n) is 6.94. The van der Waals surface area contributed by atoms with Crippen molar-refractivity contribution in [2.75, 3.05) is 13.1 Å². The molecule has 0 fully saturated rings. The summed E-state index contributed by atoms with van der Waals surface area (Å²) >= 11 is 1.57. The Balaban J connectivity index is 1.83. The minimum atomic E-state index is -0.132. The van der Waals surface area contributed by atoms with Gasteiger partial charge in [0.25, 0.3) is 0 Å². The average molecular weight is 305 g/mol. The zero-order chi connectivity index (χ0) is 15.1. The summed E-state index contributed by atoms with van der Waals surface area (Å²) in [6, 6.07) is 6.84. The minimum Gasteiger partial charge on any atom is -0.508 e. The second kappa shape index (κ2) is 7.64. The molecule has 0 spiro atoms. The molecule has 2 rings (SSSR count). The normalized spacial score (nSPS) is 10.3. The van der Waals surface area contributed by atoms with Gasteiger partial charge in [0.2, 0.25) is 0 Å². The molecule has 0 unspecified atom stereocenters. The van der Waals surface area contributed by atoms with E-state index in [1.807, 2.05) is 24.4 Å². The van der Waals surface area contributed by atoms with Crippen LogP contribution in [0.3, 0.4) is 0 Å². The Labute approximate surface area is 128 Å². The van der Waals surface area contributed by atoms with Crippen molar-refractivity contribution in [1.29, 1.82) is 0 Å². The number of hydrogen-bond donors (Lipinski definition) is 3. The lowest BCUT2D eigenvalue weighted by atomic mass is 10.2. The number of hydrogen-bond acceptors (Lipinski definition) is 4.